The average molecular weight is 408 g/mol. The molecular weight excluding hydrogens is 388 g/mol. The summed E-state index contributed by atoms with van der Waals surface area (Å²) in [5.74, 6) is 1.40. The van der Waals surface area contributed by atoms with Crippen molar-refractivity contribution in [2.24, 2.45) is 0 Å². The molecule has 1 amide bonds. The van der Waals surface area contributed by atoms with Gasteiger partial charge < -0.3 is 9.15 Å². The Morgan fingerprint density at radius 3 is 2.86 bits per heavy atom. The highest BCUT2D eigenvalue weighted by atomic mass is 32.1. The molecule has 0 saturated carbocycles. The summed E-state index contributed by atoms with van der Waals surface area (Å²) >= 11 is 1.37. The Hall–Kier alpha value is -3.39. The molecule has 1 aromatic carbocycles. The fraction of sp³-hybridized carbons (Fsp3) is 0.190. The van der Waals surface area contributed by atoms with Crippen LogP contribution >= 0.6 is 11.3 Å². The van der Waals surface area contributed by atoms with Crippen LogP contribution in [0.4, 0.5) is 5.13 Å². The lowest BCUT2D eigenvalue weighted by Crippen LogP contribution is -2.10. The van der Waals surface area contributed by atoms with Crippen LogP contribution in [0.25, 0.3) is 11.3 Å². The number of rotatable bonds is 8. The third-order valence-corrected chi connectivity index (χ3v) is 4.87. The van der Waals surface area contributed by atoms with Crippen LogP contribution in [0, 0.1) is 0 Å². The number of ether oxygens (including phenoxy) is 1. The van der Waals surface area contributed by atoms with Gasteiger partial charge >= 0.3 is 0 Å². The Bertz CT molecular complexity index is 1070. The predicted molar refractivity (Wildman–Crippen MR) is 111 cm³/mol. The summed E-state index contributed by atoms with van der Waals surface area (Å²) in [5.41, 5.74) is 1.76. The SMILES string of the molecule is CCCOc1ccc(-c2csc(NC(=O)c3ccc(Cn4cccn4)o3)n2)cc1. The zero-order chi connectivity index (χ0) is 20.1. The molecular formula is C21H20N4O3S. The third kappa shape index (κ3) is 4.72. The first-order valence-corrected chi connectivity index (χ1v) is 10.2. The van der Waals surface area contributed by atoms with Gasteiger partial charge in [0, 0.05) is 23.3 Å². The molecule has 0 aliphatic rings. The first-order chi connectivity index (χ1) is 14.2. The Kier molecular flexibility index (Phi) is 5.71. The van der Waals surface area contributed by atoms with Gasteiger partial charge in [0.05, 0.1) is 18.8 Å². The van der Waals surface area contributed by atoms with Crippen LogP contribution in [0.1, 0.15) is 29.7 Å². The summed E-state index contributed by atoms with van der Waals surface area (Å²) in [4.78, 5) is 16.9. The number of carbonyl (C=O) groups excluding carboxylic acids is 1. The molecule has 0 atom stereocenters. The van der Waals surface area contributed by atoms with Crippen LogP contribution in [0.3, 0.4) is 0 Å². The standard InChI is InChI=1S/C21H20N4O3S/c1-2-12-27-16-6-4-15(5-7-16)18-14-29-21(23-18)24-20(26)19-9-8-17(28-19)13-25-11-3-10-22-25/h3-11,14H,2,12-13H2,1H3,(H,23,24,26). The van der Waals surface area contributed by atoms with E-state index in [1.165, 1.54) is 11.3 Å². The highest BCUT2D eigenvalue weighted by Crippen LogP contribution is 2.27. The molecule has 0 radical (unpaired) electrons. The van der Waals surface area contributed by atoms with E-state index in [1.807, 2.05) is 41.9 Å². The molecule has 0 unspecified atom stereocenters. The minimum Gasteiger partial charge on any atom is -0.494 e. The summed E-state index contributed by atoms with van der Waals surface area (Å²) < 4.78 is 12.9. The predicted octanol–water partition coefficient (Wildman–Crippen LogP) is 4.69. The smallest absolute Gasteiger partial charge is 0.293 e. The van der Waals surface area contributed by atoms with Crippen molar-refractivity contribution >= 4 is 22.4 Å². The second-order valence-corrected chi connectivity index (χ2v) is 7.19. The fourth-order valence-electron chi connectivity index (χ4n) is 2.70. The van der Waals surface area contributed by atoms with Gasteiger partial charge in [-0.3, -0.25) is 14.8 Å². The Morgan fingerprint density at radius 2 is 2.10 bits per heavy atom. The van der Waals surface area contributed by atoms with Crippen LogP contribution < -0.4 is 10.1 Å². The van der Waals surface area contributed by atoms with Gasteiger partial charge in [-0.25, -0.2) is 4.98 Å². The minimum absolute atomic E-state index is 0.237. The van der Waals surface area contributed by atoms with Gasteiger partial charge in [0.15, 0.2) is 10.9 Å². The molecule has 8 heteroatoms. The number of hydrogen-bond acceptors (Lipinski definition) is 6. The van der Waals surface area contributed by atoms with Gasteiger partial charge in [0.25, 0.3) is 5.91 Å². The van der Waals surface area contributed by atoms with Gasteiger partial charge in [-0.15, -0.1) is 11.3 Å². The molecule has 0 aliphatic carbocycles. The van der Waals surface area contributed by atoms with Crippen molar-refractivity contribution in [1.29, 1.82) is 0 Å². The van der Waals surface area contributed by atoms with Crippen molar-refractivity contribution < 1.29 is 13.9 Å². The van der Waals surface area contributed by atoms with Gasteiger partial charge in [0.1, 0.15) is 11.5 Å². The van der Waals surface area contributed by atoms with Gasteiger partial charge in [-0.05, 0) is 48.9 Å². The molecule has 4 aromatic rings. The number of nitrogens with one attached hydrogen (secondary N) is 1. The number of carbonyl (C=O) groups is 1. The second kappa shape index (κ2) is 8.74. The van der Waals surface area contributed by atoms with E-state index in [0.717, 1.165) is 23.4 Å². The zero-order valence-corrected chi connectivity index (χ0v) is 16.7. The topological polar surface area (TPSA) is 82.2 Å². The number of hydrogen-bond donors (Lipinski definition) is 1. The molecule has 7 nitrogen and oxygen atoms in total. The number of benzene rings is 1. The fourth-order valence-corrected chi connectivity index (χ4v) is 3.42. The molecule has 29 heavy (non-hydrogen) atoms. The van der Waals surface area contributed by atoms with Crippen molar-refractivity contribution in [1.82, 2.24) is 14.8 Å². The molecule has 0 aliphatic heterocycles. The maximum atomic E-state index is 12.4. The van der Waals surface area contributed by atoms with Crippen molar-refractivity contribution in [3.8, 4) is 17.0 Å². The molecule has 148 valence electrons. The first-order valence-electron chi connectivity index (χ1n) is 9.27. The van der Waals surface area contributed by atoms with E-state index in [-0.39, 0.29) is 11.7 Å². The van der Waals surface area contributed by atoms with E-state index >= 15 is 0 Å². The van der Waals surface area contributed by atoms with E-state index in [4.69, 9.17) is 9.15 Å². The summed E-state index contributed by atoms with van der Waals surface area (Å²) in [7, 11) is 0. The van der Waals surface area contributed by atoms with Crippen LogP contribution in [0.15, 0.2) is 64.7 Å². The maximum absolute atomic E-state index is 12.4. The molecule has 3 aromatic heterocycles. The van der Waals surface area contributed by atoms with Crippen LogP contribution in [-0.2, 0) is 6.54 Å². The Labute approximate surface area is 172 Å². The highest BCUT2D eigenvalue weighted by Gasteiger charge is 2.14. The summed E-state index contributed by atoms with van der Waals surface area (Å²) in [6, 6.07) is 13.0. The molecule has 0 bridgehead atoms. The molecule has 1 N–H and O–H groups in total. The van der Waals surface area contributed by atoms with Gasteiger partial charge in [-0.2, -0.15) is 5.10 Å². The monoisotopic (exact) mass is 408 g/mol. The molecule has 3 heterocycles. The maximum Gasteiger partial charge on any atom is 0.293 e. The van der Waals surface area contributed by atoms with Crippen molar-refractivity contribution in [2.45, 2.75) is 19.9 Å². The molecule has 0 fully saturated rings. The van der Waals surface area contributed by atoms with Crippen LogP contribution in [0.2, 0.25) is 0 Å². The number of furan rings is 1. The number of nitrogens with zero attached hydrogens (tertiary/aromatic N) is 3. The Balaban J connectivity index is 1.38. The lowest BCUT2D eigenvalue weighted by Gasteiger charge is -2.04. The summed E-state index contributed by atoms with van der Waals surface area (Å²) in [6.07, 6.45) is 4.50. The van der Waals surface area contributed by atoms with Gasteiger partial charge in [-0.1, -0.05) is 6.92 Å². The number of anilines is 1. The van der Waals surface area contributed by atoms with E-state index in [0.29, 0.717) is 24.0 Å². The molecule has 0 spiro atoms. The number of aromatic nitrogens is 3. The third-order valence-electron chi connectivity index (χ3n) is 4.11. The quantitative estimate of drug-likeness (QED) is 0.457. The Morgan fingerprint density at radius 1 is 1.24 bits per heavy atom. The lowest BCUT2D eigenvalue weighted by molar-refractivity contribution is 0.0994. The average Bonchev–Trinajstić information content (AvgIpc) is 3.49. The van der Waals surface area contributed by atoms with E-state index in [2.05, 4.69) is 22.3 Å². The second-order valence-electron chi connectivity index (χ2n) is 6.33. The highest BCUT2D eigenvalue weighted by molar-refractivity contribution is 7.14. The molecule has 4 rings (SSSR count). The first kappa shape index (κ1) is 18.9. The van der Waals surface area contributed by atoms with Gasteiger partial charge in [0.2, 0.25) is 0 Å². The largest absolute Gasteiger partial charge is 0.494 e. The van der Waals surface area contributed by atoms with E-state index in [1.54, 1.807) is 23.0 Å². The van der Waals surface area contributed by atoms with Crippen LogP contribution in [0.5, 0.6) is 5.75 Å². The van der Waals surface area contributed by atoms with Crippen molar-refractivity contribution in [3.63, 3.8) is 0 Å². The normalized spacial score (nSPS) is 10.8. The van der Waals surface area contributed by atoms with Crippen molar-refractivity contribution in [3.05, 3.63) is 71.8 Å². The summed E-state index contributed by atoms with van der Waals surface area (Å²) in [5, 5.41) is 9.33. The lowest BCUT2D eigenvalue weighted by atomic mass is 10.2. The molecule has 0 saturated heterocycles. The number of amides is 1. The zero-order valence-electron chi connectivity index (χ0n) is 15.9. The summed E-state index contributed by atoms with van der Waals surface area (Å²) in [6.45, 7) is 3.24. The van der Waals surface area contributed by atoms with E-state index < -0.39 is 0 Å². The van der Waals surface area contributed by atoms with Crippen molar-refractivity contribution in [2.75, 3.05) is 11.9 Å². The number of thiazole rings is 1. The van der Waals surface area contributed by atoms with E-state index in [9.17, 15) is 4.79 Å². The minimum atomic E-state index is -0.332. The van der Waals surface area contributed by atoms with Crippen LogP contribution in [-0.4, -0.2) is 27.3 Å².